The Balaban J connectivity index is 2.51. The van der Waals surface area contributed by atoms with Crippen LogP contribution >= 0.6 is 0 Å². The molecule has 0 aliphatic carbocycles. The lowest BCUT2D eigenvalue weighted by Gasteiger charge is -1.99. The van der Waals surface area contributed by atoms with Gasteiger partial charge >= 0.3 is 0 Å². The van der Waals surface area contributed by atoms with Crippen LogP contribution in [0.3, 0.4) is 0 Å². The molecule has 62 valence electrons. The molecule has 3 N–H and O–H groups in total. The van der Waals surface area contributed by atoms with E-state index in [0.717, 1.165) is 0 Å². The first kappa shape index (κ1) is 8.34. The molecular weight excluding hydrogens is 152 g/mol. The molecule has 0 bridgehead atoms. The second kappa shape index (κ2) is 4.19. The summed E-state index contributed by atoms with van der Waals surface area (Å²) >= 11 is 0. The molecule has 0 radical (unpaired) electrons. The molecule has 0 aromatic carbocycles. The molecule has 0 saturated carbocycles. The number of nitrogens with one attached hydrogen (secondary N) is 1. The van der Waals surface area contributed by atoms with E-state index >= 15 is 0 Å². The van der Waals surface area contributed by atoms with Crippen molar-refractivity contribution in [1.82, 2.24) is 9.97 Å². The fourth-order valence-corrected chi connectivity index (χ4v) is 0.652. The third kappa shape index (κ3) is 2.46. The Kier molecular flexibility index (Phi) is 2.91. The van der Waals surface area contributed by atoms with Crippen LogP contribution in [0.2, 0.25) is 0 Å². The summed E-state index contributed by atoms with van der Waals surface area (Å²) in [5.41, 5.74) is 5.35. The first-order valence-electron chi connectivity index (χ1n) is 3.54. The van der Waals surface area contributed by atoms with Crippen LogP contribution in [-0.2, 0) is 0 Å². The van der Waals surface area contributed by atoms with E-state index < -0.39 is 0 Å². The van der Waals surface area contributed by atoms with Gasteiger partial charge in [0.15, 0.2) is 0 Å². The van der Waals surface area contributed by atoms with Gasteiger partial charge < -0.3 is 11.1 Å². The molecule has 0 atom stereocenters. The summed E-state index contributed by atoms with van der Waals surface area (Å²) in [6.07, 6.45) is 3.08. The predicted molar refractivity (Wildman–Crippen MR) is 48.4 cm³/mol. The minimum Gasteiger partial charge on any atom is -0.382 e. The first-order chi connectivity index (χ1) is 5.83. The van der Waals surface area contributed by atoms with Gasteiger partial charge in [0.05, 0.1) is 18.9 Å². The zero-order valence-corrected chi connectivity index (χ0v) is 6.83. The fourth-order valence-electron chi connectivity index (χ4n) is 0.652. The molecule has 1 rings (SSSR count). The summed E-state index contributed by atoms with van der Waals surface area (Å²) < 4.78 is 0. The van der Waals surface area contributed by atoms with E-state index in [1.807, 2.05) is 0 Å². The third-order valence-corrected chi connectivity index (χ3v) is 1.21. The highest BCUT2D eigenvalue weighted by Gasteiger charge is 1.90. The molecule has 12 heavy (non-hydrogen) atoms. The van der Waals surface area contributed by atoms with E-state index in [1.54, 1.807) is 13.1 Å². The minimum atomic E-state index is 0.419. The highest BCUT2D eigenvalue weighted by atomic mass is 15.0. The van der Waals surface area contributed by atoms with Gasteiger partial charge in [-0.05, 0) is 6.92 Å². The van der Waals surface area contributed by atoms with Gasteiger partial charge in [-0.1, -0.05) is 5.92 Å². The smallest absolute Gasteiger partial charge is 0.145 e. The zero-order chi connectivity index (χ0) is 8.81. The Morgan fingerprint density at radius 3 is 2.92 bits per heavy atom. The predicted octanol–water partition coefficient (Wildman–Crippen LogP) is 0.494. The summed E-state index contributed by atoms with van der Waals surface area (Å²) in [5, 5.41) is 2.97. The van der Waals surface area contributed by atoms with Gasteiger partial charge in [0.2, 0.25) is 0 Å². The normalized spacial score (nSPS) is 8.42. The molecule has 1 heterocycles. The largest absolute Gasteiger partial charge is 0.382 e. The van der Waals surface area contributed by atoms with Crippen molar-refractivity contribution in [3.8, 4) is 11.8 Å². The Morgan fingerprint density at radius 1 is 1.50 bits per heavy atom. The van der Waals surface area contributed by atoms with Crippen LogP contribution in [0, 0.1) is 11.8 Å². The average molecular weight is 162 g/mol. The average Bonchev–Trinajstić information content (AvgIpc) is 2.09. The van der Waals surface area contributed by atoms with Crippen LogP contribution in [0.25, 0.3) is 0 Å². The van der Waals surface area contributed by atoms with Crippen LogP contribution in [0.5, 0.6) is 0 Å². The lowest BCUT2D eigenvalue weighted by Crippen LogP contribution is -2.02. The van der Waals surface area contributed by atoms with Gasteiger partial charge in [-0.2, -0.15) is 0 Å². The molecule has 0 spiro atoms. The SMILES string of the molecule is CC#CCNc1cnc(N)cn1. The summed E-state index contributed by atoms with van der Waals surface area (Å²) in [6, 6.07) is 0. The van der Waals surface area contributed by atoms with Gasteiger partial charge in [-0.3, -0.25) is 0 Å². The fraction of sp³-hybridized carbons (Fsp3) is 0.250. The maximum Gasteiger partial charge on any atom is 0.145 e. The molecular formula is C8H10N4. The highest BCUT2D eigenvalue weighted by molar-refractivity contribution is 5.37. The van der Waals surface area contributed by atoms with E-state index in [1.165, 1.54) is 6.20 Å². The second-order valence-electron chi connectivity index (χ2n) is 2.11. The van der Waals surface area contributed by atoms with Gasteiger partial charge in [-0.15, -0.1) is 5.92 Å². The van der Waals surface area contributed by atoms with Crippen LogP contribution in [0.4, 0.5) is 11.6 Å². The van der Waals surface area contributed by atoms with Crippen LogP contribution < -0.4 is 11.1 Å². The second-order valence-corrected chi connectivity index (χ2v) is 2.11. The molecule has 1 aromatic heterocycles. The number of nitrogen functional groups attached to an aromatic ring is 1. The number of aromatic nitrogens is 2. The zero-order valence-electron chi connectivity index (χ0n) is 6.83. The molecule has 4 nitrogen and oxygen atoms in total. The van der Waals surface area contributed by atoms with Gasteiger partial charge in [0.1, 0.15) is 11.6 Å². The summed E-state index contributed by atoms with van der Waals surface area (Å²) in [5.74, 6) is 6.72. The summed E-state index contributed by atoms with van der Waals surface area (Å²) in [6.45, 7) is 2.37. The number of anilines is 2. The van der Waals surface area contributed by atoms with E-state index in [9.17, 15) is 0 Å². The van der Waals surface area contributed by atoms with Crippen molar-refractivity contribution >= 4 is 11.6 Å². The first-order valence-corrected chi connectivity index (χ1v) is 3.54. The van der Waals surface area contributed by atoms with Crippen molar-refractivity contribution in [2.45, 2.75) is 6.92 Å². The number of hydrogen-bond acceptors (Lipinski definition) is 4. The van der Waals surface area contributed by atoms with Gasteiger partial charge in [0, 0.05) is 0 Å². The van der Waals surface area contributed by atoms with Crippen molar-refractivity contribution in [2.75, 3.05) is 17.6 Å². The molecule has 0 unspecified atom stereocenters. The topological polar surface area (TPSA) is 63.8 Å². The Morgan fingerprint density at radius 2 is 2.33 bits per heavy atom. The number of nitrogens with two attached hydrogens (primary N) is 1. The van der Waals surface area contributed by atoms with Crippen molar-refractivity contribution < 1.29 is 0 Å². The van der Waals surface area contributed by atoms with E-state index in [-0.39, 0.29) is 0 Å². The molecule has 0 amide bonds. The van der Waals surface area contributed by atoms with E-state index in [0.29, 0.717) is 18.2 Å². The Hall–Kier alpha value is -1.76. The Bertz CT molecular complexity index is 293. The lowest BCUT2D eigenvalue weighted by molar-refractivity contribution is 1.17. The maximum absolute atomic E-state index is 5.35. The van der Waals surface area contributed by atoms with Crippen LogP contribution in [0.1, 0.15) is 6.92 Å². The molecule has 0 aliphatic heterocycles. The van der Waals surface area contributed by atoms with Crippen LogP contribution in [-0.4, -0.2) is 16.5 Å². The van der Waals surface area contributed by atoms with Crippen molar-refractivity contribution in [2.24, 2.45) is 0 Å². The van der Waals surface area contributed by atoms with Gasteiger partial charge in [0.25, 0.3) is 0 Å². The molecule has 0 fully saturated rings. The number of hydrogen-bond donors (Lipinski definition) is 2. The quantitative estimate of drug-likeness (QED) is 0.621. The standard InChI is InChI=1S/C8H10N4/c1-2-3-4-10-8-6-11-7(9)5-12-8/h5-6H,4H2,1H3,(H2,9,11)(H,10,12). The molecule has 0 aliphatic rings. The number of rotatable bonds is 2. The van der Waals surface area contributed by atoms with Crippen molar-refractivity contribution in [1.29, 1.82) is 0 Å². The molecule has 4 heteroatoms. The maximum atomic E-state index is 5.35. The summed E-state index contributed by atoms with van der Waals surface area (Å²) in [4.78, 5) is 7.85. The lowest BCUT2D eigenvalue weighted by atomic mass is 10.5. The molecule has 0 saturated heterocycles. The number of nitrogens with zero attached hydrogens (tertiary/aromatic N) is 2. The summed E-state index contributed by atoms with van der Waals surface area (Å²) in [7, 11) is 0. The third-order valence-electron chi connectivity index (χ3n) is 1.21. The highest BCUT2D eigenvalue weighted by Crippen LogP contribution is 1.99. The molecule has 1 aromatic rings. The van der Waals surface area contributed by atoms with Crippen molar-refractivity contribution in [3.05, 3.63) is 12.4 Å². The van der Waals surface area contributed by atoms with Crippen LogP contribution in [0.15, 0.2) is 12.4 Å². The van der Waals surface area contributed by atoms with Crippen molar-refractivity contribution in [3.63, 3.8) is 0 Å². The monoisotopic (exact) mass is 162 g/mol. The van der Waals surface area contributed by atoms with E-state index in [2.05, 4.69) is 27.1 Å². The minimum absolute atomic E-state index is 0.419. The van der Waals surface area contributed by atoms with Gasteiger partial charge in [-0.25, -0.2) is 9.97 Å². The van der Waals surface area contributed by atoms with E-state index in [4.69, 9.17) is 5.73 Å². The Labute approximate surface area is 71.2 Å².